The van der Waals surface area contributed by atoms with Crippen molar-refractivity contribution in [3.8, 4) is 11.5 Å². The highest BCUT2D eigenvalue weighted by Crippen LogP contribution is 2.56. The second-order valence-corrected chi connectivity index (χ2v) is 9.13. The van der Waals surface area contributed by atoms with Crippen molar-refractivity contribution in [3.63, 3.8) is 0 Å². The predicted molar refractivity (Wildman–Crippen MR) is 114 cm³/mol. The molecule has 0 amide bonds. The second-order valence-electron chi connectivity index (χ2n) is 9.13. The smallest absolute Gasteiger partial charge is 0.457 e. The van der Waals surface area contributed by atoms with E-state index in [1.165, 1.54) is 56.2 Å². The summed E-state index contributed by atoms with van der Waals surface area (Å²) in [6.07, 6.45) is 8.54. The van der Waals surface area contributed by atoms with Gasteiger partial charge in [-0.2, -0.15) is 0 Å². The molecule has 2 saturated heterocycles. The zero-order valence-corrected chi connectivity index (χ0v) is 17.6. The highest BCUT2D eigenvalue weighted by molar-refractivity contribution is 5.53. The molecule has 4 aliphatic rings. The molecule has 2 aromatic rings. The molecule has 0 radical (unpaired) electrons. The fourth-order valence-corrected chi connectivity index (χ4v) is 4.88. The molecule has 0 spiro atoms. The summed E-state index contributed by atoms with van der Waals surface area (Å²) in [5, 5.41) is 13.9. The first-order valence-electron chi connectivity index (χ1n) is 11.0. The van der Waals surface area contributed by atoms with E-state index in [4.69, 9.17) is 24.5 Å². The summed E-state index contributed by atoms with van der Waals surface area (Å²) in [5.74, 6) is 1.99. The van der Waals surface area contributed by atoms with E-state index in [-0.39, 0.29) is 11.4 Å². The minimum Gasteiger partial charge on any atom is -0.457 e. The fraction of sp³-hybridized carbons (Fsp3) is 0.480. The number of benzene rings is 2. The number of carboxylic acid groups (broad SMARTS) is 2. The lowest BCUT2D eigenvalue weighted by molar-refractivity contribution is -0.192. The van der Waals surface area contributed by atoms with Crippen molar-refractivity contribution in [2.24, 2.45) is 11.3 Å². The first-order chi connectivity index (χ1) is 14.9. The molecule has 2 aliphatic carbocycles. The summed E-state index contributed by atoms with van der Waals surface area (Å²) in [6.45, 7) is 0.898. The van der Waals surface area contributed by atoms with Crippen LogP contribution in [-0.4, -0.2) is 23.0 Å². The van der Waals surface area contributed by atoms with Gasteiger partial charge in [-0.15, -0.1) is 0 Å². The van der Waals surface area contributed by atoms with Crippen molar-refractivity contribution in [1.82, 2.24) is 0 Å². The second kappa shape index (κ2) is 8.87. The molecular formula is C25H29FO5. The lowest BCUT2D eigenvalue weighted by atomic mass is 9.62. The molecule has 5 nitrogen and oxygen atoms in total. The summed E-state index contributed by atoms with van der Waals surface area (Å²) in [5.41, 5.74) is 1.47. The van der Waals surface area contributed by atoms with Crippen LogP contribution in [0.25, 0.3) is 0 Å². The van der Waals surface area contributed by atoms with E-state index in [0.29, 0.717) is 11.2 Å². The van der Waals surface area contributed by atoms with Crippen LogP contribution in [-0.2, 0) is 10.3 Å². The van der Waals surface area contributed by atoms with E-state index >= 15 is 0 Å². The molecule has 2 bridgehead atoms. The fourth-order valence-electron chi connectivity index (χ4n) is 4.88. The maximum Gasteiger partial charge on any atom is 0.503 e. The lowest BCUT2D eigenvalue weighted by Crippen LogP contribution is -2.49. The zero-order valence-electron chi connectivity index (χ0n) is 17.6. The molecule has 2 N–H and O–H groups in total. The van der Waals surface area contributed by atoms with Gasteiger partial charge in [-0.1, -0.05) is 31.0 Å². The Labute approximate surface area is 181 Å². The molecule has 2 aromatic carbocycles. The van der Waals surface area contributed by atoms with Crippen molar-refractivity contribution < 1.29 is 28.9 Å². The Bertz CT molecular complexity index is 895. The topological polar surface area (TPSA) is 76.0 Å². The summed E-state index contributed by atoms with van der Waals surface area (Å²) < 4.78 is 25.8. The summed E-state index contributed by atoms with van der Waals surface area (Å²) >= 11 is 0. The predicted octanol–water partition coefficient (Wildman–Crippen LogP) is 6.82. The van der Waals surface area contributed by atoms with Crippen molar-refractivity contribution in [3.05, 3.63) is 59.9 Å². The maximum atomic E-state index is 13.4. The highest BCUT2D eigenvalue weighted by atomic mass is 19.1. The van der Waals surface area contributed by atoms with Gasteiger partial charge in [0.2, 0.25) is 0 Å². The number of rotatable bonds is 6. The van der Waals surface area contributed by atoms with Gasteiger partial charge in [0.15, 0.2) is 0 Å². The van der Waals surface area contributed by atoms with Gasteiger partial charge in [-0.3, -0.25) is 0 Å². The molecule has 166 valence electrons. The Morgan fingerprint density at radius 3 is 2.26 bits per heavy atom. The number of fused-ring (bicyclic) bond motifs is 3. The van der Waals surface area contributed by atoms with Crippen LogP contribution in [0, 0.1) is 17.2 Å². The average molecular weight is 429 g/mol. The zero-order chi connectivity index (χ0) is 21.9. The van der Waals surface area contributed by atoms with Crippen LogP contribution >= 0.6 is 0 Å². The van der Waals surface area contributed by atoms with Gasteiger partial charge < -0.3 is 19.7 Å². The summed E-state index contributed by atoms with van der Waals surface area (Å²) in [7, 11) is 0. The van der Waals surface area contributed by atoms with Gasteiger partial charge in [0.25, 0.3) is 0 Å². The van der Waals surface area contributed by atoms with E-state index in [0.717, 1.165) is 31.1 Å². The van der Waals surface area contributed by atoms with Crippen molar-refractivity contribution in [2.75, 3.05) is 6.61 Å². The molecule has 0 unspecified atom stereocenters. The van der Waals surface area contributed by atoms with Gasteiger partial charge in [-0.25, -0.2) is 9.18 Å². The van der Waals surface area contributed by atoms with Crippen LogP contribution in [0.5, 0.6) is 11.5 Å². The minimum absolute atomic E-state index is 0.164. The third-order valence-corrected chi connectivity index (χ3v) is 6.94. The maximum absolute atomic E-state index is 13.4. The van der Waals surface area contributed by atoms with Crippen LogP contribution in [0.1, 0.15) is 56.9 Å². The summed E-state index contributed by atoms with van der Waals surface area (Å²) in [6, 6.07) is 14.5. The van der Waals surface area contributed by atoms with Gasteiger partial charge in [-0.05, 0) is 79.7 Å². The van der Waals surface area contributed by atoms with Gasteiger partial charge >= 0.3 is 6.16 Å². The third-order valence-electron chi connectivity index (χ3n) is 6.94. The molecular weight excluding hydrogens is 399 g/mol. The van der Waals surface area contributed by atoms with Gasteiger partial charge in [0.1, 0.15) is 17.3 Å². The SMILES string of the molecule is Fc1cccc(Oc2cccc(C34CCC(CCC5CC5)(CC3)CO4)c2)c1.O=C(O)O. The molecule has 0 aromatic heterocycles. The Kier molecular flexibility index (Phi) is 6.19. The van der Waals surface area contributed by atoms with Gasteiger partial charge in [0.05, 0.1) is 12.2 Å². The quantitative estimate of drug-likeness (QED) is 0.528. The Balaban J connectivity index is 0.000000535. The monoisotopic (exact) mass is 428 g/mol. The number of ether oxygens (including phenoxy) is 2. The van der Waals surface area contributed by atoms with Crippen LogP contribution in [0.15, 0.2) is 48.5 Å². The molecule has 6 rings (SSSR count). The largest absolute Gasteiger partial charge is 0.503 e. The Morgan fingerprint density at radius 2 is 1.68 bits per heavy atom. The lowest BCUT2D eigenvalue weighted by Gasteiger charge is -2.53. The van der Waals surface area contributed by atoms with E-state index in [1.54, 1.807) is 12.1 Å². The number of hydrogen-bond donors (Lipinski definition) is 2. The summed E-state index contributed by atoms with van der Waals surface area (Å²) in [4.78, 5) is 8.56. The van der Waals surface area contributed by atoms with Crippen LogP contribution in [0.3, 0.4) is 0 Å². The molecule has 6 heteroatoms. The van der Waals surface area contributed by atoms with Crippen molar-refractivity contribution >= 4 is 6.16 Å². The van der Waals surface area contributed by atoms with E-state index < -0.39 is 6.16 Å². The molecule has 31 heavy (non-hydrogen) atoms. The average Bonchev–Trinajstić information content (AvgIpc) is 3.58. The number of halogens is 1. The van der Waals surface area contributed by atoms with E-state index in [2.05, 4.69) is 12.1 Å². The van der Waals surface area contributed by atoms with E-state index in [9.17, 15) is 4.39 Å². The third kappa shape index (κ3) is 5.37. The number of hydrogen-bond acceptors (Lipinski definition) is 3. The minimum atomic E-state index is -1.83. The Hall–Kier alpha value is -2.60. The van der Waals surface area contributed by atoms with Crippen LogP contribution in [0.4, 0.5) is 9.18 Å². The molecule has 2 saturated carbocycles. The first kappa shape index (κ1) is 21.6. The van der Waals surface area contributed by atoms with E-state index in [1.807, 2.05) is 12.1 Å². The van der Waals surface area contributed by atoms with Crippen LogP contribution < -0.4 is 4.74 Å². The van der Waals surface area contributed by atoms with Crippen molar-refractivity contribution in [2.45, 2.75) is 57.0 Å². The van der Waals surface area contributed by atoms with Crippen LogP contribution in [0.2, 0.25) is 0 Å². The normalized spacial score (nSPS) is 26.6. The highest BCUT2D eigenvalue weighted by Gasteiger charge is 2.50. The molecule has 0 atom stereocenters. The van der Waals surface area contributed by atoms with Gasteiger partial charge in [0, 0.05) is 6.07 Å². The number of carbonyl (C=O) groups is 1. The first-order valence-corrected chi connectivity index (χ1v) is 11.0. The molecule has 2 heterocycles. The Morgan fingerprint density at radius 1 is 1.03 bits per heavy atom. The molecule has 4 fully saturated rings. The molecule has 2 aliphatic heterocycles. The van der Waals surface area contributed by atoms with Crippen molar-refractivity contribution in [1.29, 1.82) is 0 Å². The standard InChI is InChI=1S/C24H27FO2.CH2O3/c25-20-4-2-6-22(16-20)27-21-5-1-3-19(15-21)24-13-11-23(12-14-24,17-26-24)10-9-18-7-8-18;2-1(3)4/h1-6,15-16,18H,7-14,17H2;(H2,2,3,4).